The van der Waals surface area contributed by atoms with Gasteiger partial charge in [-0.15, -0.1) is 0 Å². The van der Waals surface area contributed by atoms with Crippen molar-refractivity contribution in [1.82, 2.24) is 0 Å². The maximum Gasteiger partial charge on any atom is 0.256 e. The van der Waals surface area contributed by atoms with Gasteiger partial charge in [0.2, 0.25) is 0 Å². The molecule has 0 atom stereocenters. The van der Waals surface area contributed by atoms with Gasteiger partial charge in [-0.2, -0.15) is 0 Å². The second-order valence-electron chi connectivity index (χ2n) is 7.16. The Morgan fingerprint density at radius 1 is 0.444 bits per heavy atom. The molecule has 0 unspecified atom stereocenters. The molecule has 3 aromatic rings. The summed E-state index contributed by atoms with van der Waals surface area (Å²) in [6.45, 7) is 0. The van der Waals surface area contributed by atoms with Crippen LogP contribution in [0.4, 0.5) is 11.4 Å². The van der Waals surface area contributed by atoms with Crippen LogP contribution in [0.2, 0.25) is 0 Å². The molecule has 0 heterocycles. The van der Waals surface area contributed by atoms with Crippen LogP contribution in [0.1, 0.15) is 62.1 Å². The average Bonchev–Trinajstić information content (AvgIpc) is 2.84. The van der Waals surface area contributed by atoms with Crippen molar-refractivity contribution < 1.29 is 49.2 Å². The van der Waals surface area contributed by atoms with Gasteiger partial charge in [0.05, 0.1) is 23.9 Å². The number of amides is 2. The van der Waals surface area contributed by atoms with E-state index in [0.29, 0.717) is 0 Å². The number of carbonyl (C=O) groups excluding carboxylic acids is 6. The van der Waals surface area contributed by atoms with Crippen molar-refractivity contribution in [2.24, 2.45) is 0 Å². The maximum atomic E-state index is 12.6. The maximum absolute atomic E-state index is 12.6. The third-order valence-electron chi connectivity index (χ3n) is 4.84. The van der Waals surface area contributed by atoms with Gasteiger partial charge in [-0.3, -0.25) is 9.59 Å². The van der Waals surface area contributed by atoms with Crippen LogP contribution in [0, 0.1) is 0 Å². The van der Waals surface area contributed by atoms with E-state index in [2.05, 4.69) is 10.6 Å². The highest BCUT2D eigenvalue weighted by molar-refractivity contribution is 6.12. The molecule has 2 amide bonds. The van der Waals surface area contributed by atoms with Gasteiger partial charge in [0.25, 0.3) is 11.8 Å². The molecule has 12 nitrogen and oxygen atoms in total. The summed E-state index contributed by atoms with van der Waals surface area (Å²) in [5.74, 6) is -8.59. The number of anilines is 2. The lowest BCUT2D eigenvalue weighted by molar-refractivity contribution is -0.256. The first kappa shape index (κ1) is 25.1. The van der Waals surface area contributed by atoms with Crippen LogP contribution in [0.15, 0.2) is 60.7 Å². The zero-order valence-electron chi connectivity index (χ0n) is 17.9. The first-order chi connectivity index (χ1) is 17.0. The summed E-state index contributed by atoms with van der Waals surface area (Å²) in [4.78, 5) is 69.7. The van der Waals surface area contributed by atoms with Gasteiger partial charge in [0, 0.05) is 33.6 Å². The van der Waals surface area contributed by atoms with Crippen molar-refractivity contribution in [2.45, 2.75) is 0 Å². The Kier molecular flexibility index (Phi) is 7.10. The molecule has 182 valence electrons. The predicted molar refractivity (Wildman–Crippen MR) is 113 cm³/mol. The van der Waals surface area contributed by atoms with Gasteiger partial charge in [-0.05, 0) is 47.5 Å². The van der Waals surface area contributed by atoms with Gasteiger partial charge < -0.3 is 50.2 Å². The molecule has 2 N–H and O–H groups in total. The van der Waals surface area contributed by atoms with E-state index in [4.69, 9.17) is 0 Å². The molecule has 12 heteroatoms. The SMILES string of the molecule is O=C([O-])c1ccc(C(=O)[O-])c(C(=O)Nc2ccc(NC(=O)c3cc(C(=O)[O-])ccc3C(=O)[O-])cc2)c1. The molecule has 3 rings (SSSR count). The molecular formula is C24H12N2O10-4. The van der Waals surface area contributed by atoms with E-state index >= 15 is 0 Å². The lowest BCUT2D eigenvalue weighted by Gasteiger charge is -2.14. The quantitative estimate of drug-likeness (QED) is 0.343. The lowest BCUT2D eigenvalue weighted by Crippen LogP contribution is -2.28. The Labute approximate surface area is 201 Å². The summed E-state index contributed by atoms with van der Waals surface area (Å²) < 4.78 is 0. The summed E-state index contributed by atoms with van der Waals surface area (Å²) in [5, 5.41) is 49.4. The number of nitrogens with one attached hydrogen (secondary N) is 2. The number of carboxylic acid groups (broad SMARTS) is 4. The van der Waals surface area contributed by atoms with Gasteiger partial charge in [-0.25, -0.2) is 0 Å². The third kappa shape index (κ3) is 5.51. The van der Waals surface area contributed by atoms with E-state index in [9.17, 15) is 49.2 Å². The minimum atomic E-state index is -1.71. The van der Waals surface area contributed by atoms with Crippen molar-refractivity contribution >= 4 is 47.1 Å². The highest BCUT2D eigenvalue weighted by Gasteiger charge is 2.16. The highest BCUT2D eigenvalue weighted by Crippen LogP contribution is 2.19. The number of aromatic carboxylic acids is 4. The van der Waals surface area contributed by atoms with Crippen molar-refractivity contribution in [1.29, 1.82) is 0 Å². The summed E-state index contributed by atoms with van der Waals surface area (Å²) in [6, 6.07) is 10.5. The van der Waals surface area contributed by atoms with Crippen molar-refractivity contribution in [3.8, 4) is 0 Å². The predicted octanol–water partition coefficient (Wildman–Crippen LogP) is -2.35. The van der Waals surface area contributed by atoms with Gasteiger partial charge >= 0.3 is 0 Å². The van der Waals surface area contributed by atoms with Gasteiger partial charge in [0.15, 0.2) is 0 Å². The number of carbonyl (C=O) groups is 6. The molecule has 0 radical (unpaired) electrons. The number of carboxylic acids is 4. The molecule has 0 saturated carbocycles. The van der Waals surface area contributed by atoms with Crippen molar-refractivity contribution in [3.63, 3.8) is 0 Å². The second kappa shape index (κ2) is 10.2. The fourth-order valence-corrected chi connectivity index (χ4v) is 3.11. The Morgan fingerprint density at radius 2 is 0.778 bits per heavy atom. The third-order valence-corrected chi connectivity index (χ3v) is 4.84. The van der Waals surface area contributed by atoms with Crippen LogP contribution in [-0.4, -0.2) is 35.7 Å². The normalized spacial score (nSPS) is 10.2. The van der Waals surface area contributed by atoms with Gasteiger partial charge in [-0.1, -0.05) is 24.3 Å². The minimum absolute atomic E-state index is 0.121. The van der Waals surface area contributed by atoms with Crippen LogP contribution in [0.25, 0.3) is 0 Å². The van der Waals surface area contributed by atoms with Crippen LogP contribution in [-0.2, 0) is 0 Å². The van der Waals surface area contributed by atoms with Crippen LogP contribution < -0.4 is 31.1 Å². The largest absolute Gasteiger partial charge is 0.545 e. The van der Waals surface area contributed by atoms with E-state index in [0.717, 1.165) is 36.4 Å². The summed E-state index contributed by atoms with van der Waals surface area (Å²) in [5.41, 5.74) is -2.70. The van der Waals surface area contributed by atoms with E-state index < -0.39 is 69.1 Å². The molecule has 0 aromatic heterocycles. The zero-order valence-corrected chi connectivity index (χ0v) is 17.9. The molecule has 3 aromatic carbocycles. The monoisotopic (exact) mass is 488 g/mol. The Morgan fingerprint density at radius 3 is 1.06 bits per heavy atom. The van der Waals surface area contributed by atoms with Crippen molar-refractivity contribution in [3.05, 3.63) is 94.0 Å². The summed E-state index contributed by atoms with van der Waals surface area (Å²) >= 11 is 0. The molecule has 0 spiro atoms. The van der Waals surface area contributed by atoms with Crippen LogP contribution in [0.3, 0.4) is 0 Å². The molecule has 36 heavy (non-hydrogen) atoms. The molecule has 0 bridgehead atoms. The summed E-state index contributed by atoms with van der Waals surface area (Å²) in [7, 11) is 0. The molecule has 0 aliphatic rings. The highest BCUT2D eigenvalue weighted by atomic mass is 16.4. The second-order valence-corrected chi connectivity index (χ2v) is 7.16. The molecular weight excluding hydrogens is 476 g/mol. The smallest absolute Gasteiger partial charge is 0.256 e. The molecule has 0 aliphatic heterocycles. The Hall–Kier alpha value is -5.52. The minimum Gasteiger partial charge on any atom is -0.545 e. The summed E-state index contributed by atoms with van der Waals surface area (Å²) in [6.07, 6.45) is 0. The Balaban J connectivity index is 1.80. The molecule has 0 saturated heterocycles. The topological polar surface area (TPSA) is 219 Å². The van der Waals surface area contributed by atoms with Crippen LogP contribution in [0.5, 0.6) is 0 Å². The standard InChI is InChI=1S/C24H16N2O10/c27-19(17-9-11(21(29)30)1-7-15(17)23(33)34)25-13-3-5-14(6-4-13)26-20(28)18-10-12(22(31)32)2-8-16(18)24(35)36/h1-10H,(H,25,27)(H,26,28)(H,29,30)(H,31,32)(H,33,34)(H,35,36)/p-4. The number of hydrogen-bond donors (Lipinski definition) is 2. The van der Waals surface area contributed by atoms with E-state index in [-0.39, 0.29) is 11.4 Å². The first-order valence-electron chi connectivity index (χ1n) is 9.84. The van der Waals surface area contributed by atoms with E-state index in [1.807, 2.05) is 0 Å². The lowest BCUT2D eigenvalue weighted by atomic mass is 10.0. The number of hydrogen-bond acceptors (Lipinski definition) is 10. The number of rotatable bonds is 8. The van der Waals surface area contributed by atoms with E-state index in [1.165, 1.54) is 24.3 Å². The first-order valence-corrected chi connectivity index (χ1v) is 9.84. The van der Waals surface area contributed by atoms with Crippen molar-refractivity contribution in [2.75, 3.05) is 10.6 Å². The average molecular weight is 488 g/mol. The van der Waals surface area contributed by atoms with Gasteiger partial charge in [0.1, 0.15) is 0 Å². The Bertz CT molecular complexity index is 1320. The molecule has 0 aliphatic carbocycles. The fourth-order valence-electron chi connectivity index (χ4n) is 3.11. The molecule has 0 fully saturated rings. The van der Waals surface area contributed by atoms with Crippen LogP contribution >= 0.6 is 0 Å². The van der Waals surface area contributed by atoms with E-state index in [1.54, 1.807) is 0 Å². The zero-order chi connectivity index (χ0) is 26.6. The number of benzene rings is 3. The fraction of sp³-hybridized carbons (Fsp3) is 0.